The number of rotatable bonds is 5. The van der Waals surface area contributed by atoms with Gasteiger partial charge < -0.3 is 5.32 Å². The molecule has 2 aromatic carbocycles. The van der Waals surface area contributed by atoms with Gasteiger partial charge in [-0.05, 0) is 25.0 Å². The highest BCUT2D eigenvalue weighted by Crippen LogP contribution is 2.26. The maximum atomic E-state index is 13.1. The van der Waals surface area contributed by atoms with E-state index in [1.807, 2.05) is 30.3 Å². The molecule has 0 radical (unpaired) electrons. The predicted molar refractivity (Wildman–Crippen MR) is 114 cm³/mol. The summed E-state index contributed by atoms with van der Waals surface area (Å²) < 4.78 is 27.5. The number of benzene rings is 2. The zero-order valence-corrected chi connectivity index (χ0v) is 17.1. The van der Waals surface area contributed by atoms with Crippen molar-refractivity contribution in [1.82, 2.24) is 14.3 Å². The van der Waals surface area contributed by atoms with Crippen LogP contribution in [0, 0.1) is 0 Å². The summed E-state index contributed by atoms with van der Waals surface area (Å²) in [6, 6.07) is 17.0. The molecule has 1 fully saturated rings. The molecular weight excluding hydrogens is 400 g/mol. The molecule has 1 aliphatic rings. The Morgan fingerprint density at radius 1 is 0.933 bits per heavy atom. The smallest absolute Gasteiger partial charge is 0.243 e. The third-order valence-electron chi connectivity index (χ3n) is 5.06. The standard InChI is InChI=1S/C22H22N4O3S/c27-22(25-18-15-23-21(24-16-18)17-9-3-1-4-10-17)20-13-7-8-14-26(20)30(28,29)19-11-5-2-6-12-19/h1-6,9-12,15-16,20H,7-8,13-14H2,(H,25,27)/t20-/m0/s1. The molecule has 8 heteroatoms. The minimum absolute atomic E-state index is 0.195. The first-order valence-electron chi connectivity index (χ1n) is 9.81. The summed E-state index contributed by atoms with van der Waals surface area (Å²) in [6.45, 7) is 0.318. The number of hydrogen-bond donors (Lipinski definition) is 1. The van der Waals surface area contributed by atoms with Gasteiger partial charge in [0.15, 0.2) is 5.82 Å². The minimum atomic E-state index is -3.75. The predicted octanol–water partition coefficient (Wildman–Crippen LogP) is 3.33. The largest absolute Gasteiger partial charge is 0.322 e. The second-order valence-corrected chi connectivity index (χ2v) is 8.98. The topological polar surface area (TPSA) is 92.3 Å². The Balaban J connectivity index is 1.51. The van der Waals surface area contributed by atoms with Crippen LogP contribution in [-0.4, -0.2) is 41.2 Å². The van der Waals surface area contributed by atoms with Crippen LogP contribution < -0.4 is 5.32 Å². The van der Waals surface area contributed by atoms with Crippen LogP contribution in [0.4, 0.5) is 5.69 Å². The van der Waals surface area contributed by atoms with Crippen molar-refractivity contribution in [3.63, 3.8) is 0 Å². The van der Waals surface area contributed by atoms with Crippen molar-refractivity contribution in [3.05, 3.63) is 73.1 Å². The molecule has 1 aromatic heterocycles. The third kappa shape index (κ3) is 4.24. The highest BCUT2D eigenvalue weighted by molar-refractivity contribution is 7.89. The summed E-state index contributed by atoms with van der Waals surface area (Å²) in [7, 11) is -3.75. The first-order chi connectivity index (χ1) is 14.6. The molecular formula is C22H22N4O3S. The second kappa shape index (κ2) is 8.73. The number of nitrogens with one attached hydrogen (secondary N) is 1. The average Bonchev–Trinajstić information content (AvgIpc) is 2.81. The van der Waals surface area contributed by atoms with Crippen LogP contribution in [0.15, 0.2) is 78.0 Å². The van der Waals surface area contributed by atoms with E-state index in [4.69, 9.17) is 0 Å². The first-order valence-corrected chi connectivity index (χ1v) is 11.2. The molecule has 1 N–H and O–H groups in total. The van der Waals surface area contributed by atoms with E-state index in [9.17, 15) is 13.2 Å². The molecule has 0 unspecified atom stereocenters. The molecule has 7 nitrogen and oxygen atoms in total. The van der Waals surface area contributed by atoms with Gasteiger partial charge in [0, 0.05) is 12.1 Å². The zero-order chi connectivity index (χ0) is 21.0. The molecule has 4 rings (SSSR count). The lowest BCUT2D eigenvalue weighted by Crippen LogP contribution is -2.49. The highest BCUT2D eigenvalue weighted by Gasteiger charge is 2.37. The summed E-state index contributed by atoms with van der Waals surface area (Å²) in [5, 5.41) is 2.77. The maximum Gasteiger partial charge on any atom is 0.243 e. The number of hydrogen-bond acceptors (Lipinski definition) is 5. The van der Waals surface area contributed by atoms with Gasteiger partial charge in [-0.25, -0.2) is 18.4 Å². The summed E-state index contributed by atoms with van der Waals surface area (Å²) in [4.78, 5) is 21.7. The monoisotopic (exact) mass is 422 g/mol. The molecule has 1 amide bonds. The molecule has 0 saturated carbocycles. The molecule has 0 aliphatic carbocycles. The number of nitrogens with zero attached hydrogens (tertiary/aromatic N) is 3. The zero-order valence-electron chi connectivity index (χ0n) is 16.3. The van der Waals surface area contributed by atoms with Gasteiger partial charge in [0.1, 0.15) is 6.04 Å². The van der Waals surface area contributed by atoms with Gasteiger partial charge in [0.2, 0.25) is 15.9 Å². The molecule has 0 spiro atoms. The molecule has 0 bridgehead atoms. The summed E-state index contributed by atoms with van der Waals surface area (Å²) in [5.41, 5.74) is 1.31. The Bertz CT molecular complexity index is 1100. The van der Waals surface area contributed by atoms with Crippen molar-refractivity contribution in [2.24, 2.45) is 0 Å². The molecule has 1 saturated heterocycles. The number of aromatic nitrogens is 2. The van der Waals surface area contributed by atoms with Crippen molar-refractivity contribution in [3.8, 4) is 11.4 Å². The van der Waals surface area contributed by atoms with E-state index in [1.165, 1.54) is 16.7 Å². The molecule has 154 valence electrons. The van der Waals surface area contributed by atoms with E-state index in [1.54, 1.807) is 30.3 Å². The van der Waals surface area contributed by atoms with Crippen LogP contribution >= 0.6 is 0 Å². The van der Waals surface area contributed by atoms with Gasteiger partial charge in [-0.3, -0.25) is 4.79 Å². The quantitative estimate of drug-likeness (QED) is 0.681. The summed E-state index contributed by atoms with van der Waals surface area (Å²) in [5.74, 6) is 0.185. The van der Waals surface area contributed by atoms with Gasteiger partial charge in [-0.15, -0.1) is 0 Å². The van der Waals surface area contributed by atoms with Crippen LogP contribution in [0.25, 0.3) is 11.4 Å². The third-order valence-corrected chi connectivity index (χ3v) is 6.98. The molecule has 1 atom stereocenters. The molecule has 2 heterocycles. The second-order valence-electron chi connectivity index (χ2n) is 7.09. The fourth-order valence-electron chi connectivity index (χ4n) is 3.54. The molecule has 1 aliphatic heterocycles. The fraction of sp³-hybridized carbons (Fsp3) is 0.227. The van der Waals surface area contributed by atoms with E-state index >= 15 is 0 Å². The van der Waals surface area contributed by atoms with E-state index < -0.39 is 16.1 Å². The SMILES string of the molecule is O=C(Nc1cnc(-c2ccccc2)nc1)[C@@H]1CCCCN1S(=O)(=O)c1ccccc1. The fourth-order valence-corrected chi connectivity index (χ4v) is 5.21. The lowest BCUT2D eigenvalue weighted by molar-refractivity contribution is -0.120. The Kier molecular flexibility index (Phi) is 5.87. The van der Waals surface area contributed by atoms with Crippen molar-refractivity contribution in [2.75, 3.05) is 11.9 Å². The minimum Gasteiger partial charge on any atom is -0.322 e. The van der Waals surface area contributed by atoms with Gasteiger partial charge in [-0.1, -0.05) is 55.0 Å². The Hall–Kier alpha value is -3.10. The van der Waals surface area contributed by atoms with Crippen LogP contribution in [0.1, 0.15) is 19.3 Å². The number of carbonyl (C=O) groups is 1. The average molecular weight is 423 g/mol. The van der Waals surface area contributed by atoms with Crippen molar-refractivity contribution < 1.29 is 13.2 Å². The van der Waals surface area contributed by atoms with Gasteiger partial charge >= 0.3 is 0 Å². The van der Waals surface area contributed by atoms with Crippen LogP contribution in [0.3, 0.4) is 0 Å². The number of anilines is 1. The van der Waals surface area contributed by atoms with Crippen LogP contribution in [-0.2, 0) is 14.8 Å². The number of sulfonamides is 1. The maximum absolute atomic E-state index is 13.1. The summed E-state index contributed by atoms with van der Waals surface area (Å²) in [6.07, 6.45) is 5.06. The Labute approximate surface area is 175 Å². The lowest BCUT2D eigenvalue weighted by Gasteiger charge is -2.33. The Morgan fingerprint density at radius 2 is 1.57 bits per heavy atom. The molecule has 30 heavy (non-hydrogen) atoms. The van der Waals surface area contributed by atoms with Gasteiger partial charge in [0.05, 0.1) is 23.0 Å². The lowest BCUT2D eigenvalue weighted by atomic mass is 10.0. The number of amides is 1. The number of piperidine rings is 1. The van der Waals surface area contributed by atoms with Crippen molar-refractivity contribution >= 4 is 21.6 Å². The van der Waals surface area contributed by atoms with E-state index in [-0.39, 0.29) is 10.8 Å². The molecule has 3 aromatic rings. The van der Waals surface area contributed by atoms with E-state index in [2.05, 4.69) is 15.3 Å². The normalized spacial score (nSPS) is 17.4. The van der Waals surface area contributed by atoms with Gasteiger partial charge in [0.25, 0.3) is 0 Å². The highest BCUT2D eigenvalue weighted by atomic mass is 32.2. The van der Waals surface area contributed by atoms with Crippen molar-refractivity contribution in [2.45, 2.75) is 30.2 Å². The van der Waals surface area contributed by atoms with E-state index in [0.29, 0.717) is 24.5 Å². The number of carbonyl (C=O) groups excluding carboxylic acids is 1. The van der Waals surface area contributed by atoms with E-state index in [0.717, 1.165) is 18.4 Å². The van der Waals surface area contributed by atoms with Gasteiger partial charge in [-0.2, -0.15) is 4.31 Å². The van der Waals surface area contributed by atoms with Crippen molar-refractivity contribution in [1.29, 1.82) is 0 Å². The summed E-state index contributed by atoms with van der Waals surface area (Å²) >= 11 is 0. The van der Waals surface area contributed by atoms with Crippen LogP contribution in [0.5, 0.6) is 0 Å². The first kappa shape index (κ1) is 20.2. The Morgan fingerprint density at radius 3 is 2.23 bits per heavy atom. The van der Waals surface area contributed by atoms with Crippen LogP contribution in [0.2, 0.25) is 0 Å².